The molecule has 0 saturated carbocycles. The van der Waals surface area contributed by atoms with E-state index in [0.717, 1.165) is 0 Å². The van der Waals surface area contributed by atoms with Gasteiger partial charge in [0.05, 0.1) is 18.6 Å². The van der Waals surface area contributed by atoms with Crippen LogP contribution in [0.3, 0.4) is 0 Å². The van der Waals surface area contributed by atoms with E-state index < -0.39 is 5.97 Å². The van der Waals surface area contributed by atoms with Crippen molar-refractivity contribution in [3.63, 3.8) is 0 Å². The summed E-state index contributed by atoms with van der Waals surface area (Å²) in [5.41, 5.74) is 0.529. The van der Waals surface area contributed by atoms with Gasteiger partial charge in [0.25, 0.3) is 0 Å². The van der Waals surface area contributed by atoms with Gasteiger partial charge < -0.3 is 14.7 Å². The largest absolute Gasteiger partial charge is 0.480 e. The van der Waals surface area contributed by atoms with Gasteiger partial charge >= 0.3 is 5.97 Å². The number of hydrogen-bond donors (Lipinski definition) is 1. The van der Waals surface area contributed by atoms with Crippen LogP contribution in [0, 0.1) is 5.92 Å². The van der Waals surface area contributed by atoms with Gasteiger partial charge in [-0.15, -0.1) is 0 Å². The maximum atomic E-state index is 12.5. The molecule has 0 aromatic heterocycles. The molecule has 0 radical (unpaired) electrons. The Morgan fingerprint density at radius 3 is 2.55 bits per heavy atom. The van der Waals surface area contributed by atoms with Crippen LogP contribution in [0.15, 0.2) is 24.3 Å². The van der Waals surface area contributed by atoms with Crippen molar-refractivity contribution in [2.24, 2.45) is 5.92 Å². The van der Waals surface area contributed by atoms with E-state index in [-0.39, 0.29) is 24.5 Å². The van der Waals surface area contributed by atoms with Crippen molar-refractivity contribution >= 4 is 29.2 Å². The Hall–Kier alpha value is -1.59. The second-order valence-electron chi connectivity index (χ2n) is 4.87. The molecule has 1 aliphatic rings. The SMILES string of the molecule is CC1CC(C(=O)N(CC(=O)O)c2ccc(Cl)cc2)CO1. The zero-order valence-corrected chi connectivity index (χ0v) is 11.8. The van der Waals surface area contributed by atoms with Crippen molar-refractivity contribution in [3.05, 3.63) is 29.3 Å². The van der Waals surface area contributed by atoms with E-state index in [2.05, 4.69) is 0 Å². The molecule has 1 amide bonds. The molecule has 0 bridgehead atoms. The number of halogens is 1. The van der Waals surface area contributed by atoms with Crippen LogP contribution in [0.5, 0.6) is 0 Å². The highest BCUT2D eigenvalue weighted by molar-refractivity contribution is 6.30. The zero-order chi connectivity index (χ0) is 14.7. The van der Waals surface area contributed by atoms with Crippen LogP contribution in [-0.4, -0.2) is 36.2 Å². The number of carbonyl (C=O) groups excluding carboxylic acids is 1. The number of aliphatic carboxylic acids is 1. The summed E-state index contributed by atoms with van der Waals surface area (Å²) in [5.74, 6) is -1.57. The molecule has 2 rings (SSSR count). The Morgan fingerprint density at radius 1 is 1.40 bits per heavy atom. The van der Waals surface area contributed by atoms with Gasteiger partial charge in [-0.1, -0.05) is 11.6 Å². The average Bonchev–Trinajstić information content (AvgIpc) is 2.83. The number of carboxylic acid groups (broad SMARTS) is 1. The summed E-state index contributed by atoms with van der Waals surface area (Å²) < 4.78 is 5.38. The average molecular weight is 298 g/mol. The maximum Gasteiger partial charge on any atom is 0.323 e. The van der Waals surface area contributed by atoms with Gasteiger partial charge in [-0.05, 0) is 37.6 Å². The molecule has 108 valence electrons. The van der Waals surface area contributed by atoms with Crippen molar-refractivity contribution in [2.75, 3.05) is 18.1 Å². The number of ether oxygens (including phenoxy) is 1. The summed E-state index contributed by atoms with van der Waals surface area (Å²) in [7, 11) is 0. The minimum Gasteiger partial charge on any atom is -0.480 e. The summed E-state index contributed by atoms with van der Waals surface area (Å²) in [5, 5.41) is 9.53. The first-order valence-electron chi connectivity index (χ1n) is 6.37. The molecular weight excluding hydrogens is 282 g/mol. The number of benzene rings is 1. The van der Waals surface area contributed by atoms with Crippen molar-refractivity contribution in [1.29, 1.82) is 0 Å². The van der Waals surface area contributed by atoms with E-state index in [1.54, 1.807) is 24.3 Å². The molecule has 1 fully saturated rings. The van der Waals surface area contributed by atoms with Crippen molar-refractivity contribution in [2.45, 2.75) is 19.4 Å². The summed E-state index contributed by atoms with van der Waals surface area (Å²) in [6.07, 6.45) is 0.642. The third-order valence-electron chi connectivity index (χ3n) is 3.25. The first-order chi connectivity index (χ1) is 9.47. The normalized spacial score (nSPS) is 21.7. The van der Waals surface area contributed by atoms with E-state index in [0.29, 0.717) is 23.7 Å². The molecular formula is C14H16ClNO4. The maximum absolute atomic E-state index is 12.5. The summed E-state index contributed by atoms with van der Waals surface area (Å²) in [6.45, 7) is 1.87. The number of carboxylic acids is 1. The third kappa shape index (κ3) is 3.49. The van der Waals surface area contributed by atoms with Gasteiger partial charge in [0.15, 0.2) is 0 Å². The highest BCUT2D eigenvalue weighted by Gasteiger charge is 2.33. The van der Waals surface area contributed by atoms with Crippen LogP contribution in [0.1, 0.15) is 13.3 Å². The number of rotatable bonds is 4. The lowest BCUT2D eigenvalue weighted by Gasteiger charge is -2.23. The first kappa shape index (κ1) is 14.8. The lowest BCUT2D eigenvalue weighted by Crippen LogP contribution is -2.40. The van der Waals surface area contributed by atoms with Crippen LogP contribution in [0.25, 0.3) is 0 Å². The fraction of sp³-hybridized carbons (Fsp3) is 0.429. The van der Waals surface area contributed by atoms with Crippen LogP contribution in [0.2, 0.25) is 5.02 Å². The van der Waals surface area contributed by atoms with Crippen LogP contribution in [0.4, 0.5) is 5.69 Å². The summed E-state index contributed by atoms with van der Waals surface area (Å²) in [4.78, 5) is 24.7. The third-order valence-corrected chi connectivity index (χ3v) is 3.50. The first-order valence-corrected chi connectivity index (χ1v) is 6.75. The summed E-state index contributed by atoms with van der Waals surface area (Å²) >= 11 is 5.81. The second-order valence-corrected chi connectivity index (χ2v) is 5.31. The molecule has 1 aromatic rings. The Kier molecular flexibility index (Phi) is 4.62. The second kappa shape index (κ2) is 6.24. The molecule has 1 aromatic carbocycles. The Morgan fingerprint density at radius 2 is 2.05 bits per heavy atom. The van der Waals surface area contributed by atoms with Crippen LogP contribution < -0.4 is 4.90 Å². The monoisotopic (exact) mass is 297 g/mol. The standard InChI is InChI=1S/C14H16ClNO4/c1-9-6-10(8-20-9)14(19)16(7-13(17)18)12-4-2-11(15)3-5-12/h2-5,9-10H,6-8H2,1H3,(H,17,18). The van der Waals surface area contributed by atoms with Crippen LogP contribution in [-0.2, 0) is 14.3 Å². The molecule has 1 N–H and O–H groups in total. The molecule has 6 heteroatoms. The lowest BCUT2D eigenvalue weighted by atomic mass is 10.0. The van der Waals surface area contributed by atoms with E-state index in [1.165, 1.54) is 4.90 Å². The quantitative estimate of drug-likeness (QED) is 0.925. The lowest BCUT2D eigenvalue weighted by molar-refractivity contribution is -0.137. The minimum atomic E-state index is -1.06. The number of nitrogens with zero attached hydrogens (tertiary/aromatic N) is 1. The number of hydrogen-bond acceptors (Lipinski definition) is 3. The highest BCUT2D eigenvalue weighted by Crippen LogP contribution is 2.25. The fourth-order valence-corrected chi connectivity index (χ4v) is 2.39. The fourth-order valence-electron chi connectivity index (χ4n) is 2.26. The predicted octanol–water partition coefficient (Wildman–Crippen LogP) is 2.18. The zero-order valence-electron chi connectivity index (χ0n) is 11.1. The number of anilines is 1. The molecule has 2 unspecified atom stereocenters. The van der Waals surface area contributed by atoms with Gasteiger partial charge in [-0.25, -0.2) is 0 Å². The summed E-state index contributed by atoms with van der Waals surface area (Å²) in [6, 6.07) is 6.55. The van der Waals surface area contributed by atoms with Crippen molar-refractivity contribution < 1.29 is 19.4 Å². The van der Waals surface area contributed by atoms with E-state index in [1.807, 2.05) is 6.92 Å². The van der Waals surface area contributed by atoms with Crippen molar-refractivity contribution in [1.82, 2.24) is 0 Å². The predicted molar refractivity (Wildman–Crippen MR) is 75.0 cm³/mol. The molecule has 2 atom stereocenters. The Bertz CT molecular complexity index is 502. The Balaban J connectivity index is 2.20. The molecule has 1 saturated heterocycles. The van der Waals surface area contributed by atoms with E-state index in [9.17, 15) is 9.59 Å². The van der Waals surface area contributed by atoms with Gasteiger partial charge in [0, 0.05) is 10.7 Å². The molecule has 5 nitrogen and oxygen atoms in total. The Labute approximate surface area is 122 Å². The molecule has 0 aliphatic carbocycles. The van der Waals surface area contributed by atoms with E-state index in [4.69, 9.17) is 21.4 Å². The molecule has 20 heavy (non-hydrogen) atoms. The van der Waals surface area contributed by atoms with Gasteiger partial charge in [-0.3, -0.25) is 9.59 Å². The van der Waals surface area contributed by atoms with Gasteiger partial charge in [-0.2, -0.15) is 0 Å². The van der Waals surface area contributed by atoms with Crippen molar-refractivity contribution in [3.8, 4) is 0 Å². The van der Waals surface area contributed by atoms with Gasteiger partial charge in [0.2, 0.25) is 5.91 Å². The molecule has 0 spiro atoms. The topological polar surface area (TPSA) is 66.8 Å². The van der Waals surface area contributed by atoms with Gasteiger partial charge in [0.1, 0.15) is 6.54 Å². The number of carbonyl (C=O) groups is 2. The highest BCUT2D eigenvalue weighted by atomic mass is 35.5. The van der Waals surface area contributed by atoms with Crippen LogP contribution >= 0.6 is 11.6 Å². The molecule has 1 aliphatic heterocycles. The molecule has 1 heterocycles. The smallest absolute Gasteiger partial charge is 0.323 e. The number of amides is 1. The van der Waals surface area contributed by atoms with E-state index >= 15 is 0 Å². The minimum absolute atomic E-state index is 0.0286.